The van der Waals surface area contributed by atoms with Gasteiger partial charge in [0.1, 0.15) is 0 Å². The average molecular weight is 267 g/mol. The molecule has 19 heavy (non-hydrogen) atoms. The number of hydrogen-bond acceptors (Lipinski definition) is 2. The highest BCUT2D eigenvalue weighted by Gasteiger charge is 2.23. The van der Waals surface area contributed by atoms with Crippen LogP contribution in [0.15, 0.2) is 0 Å². The first-order valence-corrected chi connectivity index (χ1v) is 8.08. The molecule has 0 bridgehead atoms. The number of rotatable bonds is 5. The van der Waals surface area contributed by atoms with Gasteiger partial charge in [0.25, 0.3) is 0 Å². The smallest absolute Gasteiger partial charge is 0.315 e. The third-order valence-corrected chi connectivity index (χ3v) is 4.44. The highest BCUT2D eigenvalue weighted by atomic mass is 16.2. The highest BCUT2D eigenvalue weighted by molar-refractivity contribution is 5.74. The van der Waals surface area contributed by atoms with E-state index in [2.05, 4.69) is 22.9 Å². The second-order valence-corrected chi connectivity index (χ2v) is 6.10. The van der Waals surface area contributed by atoms with E-state index in [0.717, 1.165) is 32.2 Å². The third-order valence-electron chi connectivity index (χ3n) is 4.44. The van der Waals surface area contributed by atoms with Gasteiger partial charge in [-0.15, -0.1) is 0 Å². The number of carbonyl (C=O) groups is 1. The lowest BCUT2D eigenvalue weighted by molar-refractivity contribution is 0.225. The van der Waals surface area contributed by atoms with Crippen molar-refractivity contribution in [1.82, 2.24) is 16.0 Å². The molecular formula is C15H29N3O. The molecular weight excluding hydrogens is 238 g/mol. The molecule has 2 fully saturated rings. The Balaban J connectivity index is 1.60. The van der Waals surface area contributed by atoms with E-state index in [1.54, 1.807) is 0 Å². The van der Waals surface area contributed by atoms with Crippen molar-refractivity contribution >= 4 is 6.03 Å². The van der Waals surface area contributed by atoms with Gasteiger partial charge in [0, 0.05) is 18.1 Å². The maximum absolute atomic E-state index is 11.9. The highest BCUT2D eigenvalue weighted by Crippen LogP contribution is 2.19. The molecule has 2 rings (SSSR count). The number of hydrogen-bond donors (Lipinski definition) is 3. The van der Waals surface area contributed by atoms with Gasteiger partial charge in [-0.05, 0) is 51.5 Å². The SMILES string of the molecule is CCCNC1CCC(NC(=O)NC2CCCC2)CC1. The van der Waals surface area contributed by atoms with Crippen molar-refractivity contribution in [2.24, 2.45) is 0 Å². The number of carbonyl (C=O) groups excluding carboxylic acids is 1. The predicted molar refractivity (Wildman–Crippen MR) is 78.3 cm³/mol. The zero-order valence-corrected chi connectivity index (χ0v) is 12.2. The molecule has 0 heterocycles. The monoisotopic (exact) mass is 267 g/mol. The molecule has 2 saturated carbocycles. The Morgan fingerprint density at radius 1 is 0.895 bits per heavy atom. The molecule has 0 saturated heterocycles. The Labute approximate surface area is 117 Å². The summed E-state index contributed by atoms with van der Waals surface area (Å²) >= 11 is 0. The average Bonchev–Trinajstić information content (AvgIpc) is 2.90. The van der Waals surface area contributed by atoms with Crippen LogP contribution in [0.25, 0.3) is 0 Å². The minimum absolute atomic E-state index is 0.0527. The van der Waals surface area contributed by atoms with Gasteiger partial charge in [-0.3, -0.25) is 0 Å². The van der Waals surface area contributed by atoms with Crippen molar-refractivity contribution in [3.63, 3.8) is 0 Å². The molecule has 3 N–H and O–H groups in total. The van der Waals surface area contributed by atoms with Crippen LogP contribution < -0.4 is 16.0 Å². The van der Waals surface area contributed by atoms with E-state index in [1.807, 2.05) is 0 Å². The van der Waals surface area contributed by atoms with Crippen LogP contribution in [-0.2, 0) is 0 Å². The molecule has 4 heteroatoms. The minimum atomic E-state index is 0.0527. The lowest BCUT2D eigenvalue weighted by atomic mass is 9.91. The van der Waals surface area contributed by atoms with Gasteiger partial charge < -0.3 is 16.0 Å². The lowest BCUT2D eigenvalue weighted by Gasteiger charge is -2.30. The molecule has 4 nitrogen and oxygen atoms in total. The molecule has 0 unspecified atom stereocenters. The van der Waals surface area contributed by atoms with Crippen LogP contribution in [0.2, 0.25) is 0 Å². The van der Waals surface area contributed by atoms with Crippen molar-refractivity contribution in [1.29, 1.82) is 0 Å². The Hall–Kier alpha value is -0.770. The van der Waals surface area contributed by atoms with Gasteiger partial charge in [-0.2, -0.15) is 0 Å². The summed E-state index contributed by atoms with van der Waals surface area (Å²) in [5.74, 6) is 0. The van der Waals surface area contributed by atoms with E-state index in [0.29, 0.717) is 18.1 Å². The van der Waals surface area contributed by atoms with Crippen LogP contribution in [0.5, 0.6) is 0 Å². The largest absolute Gasteiger partial charge is 0.335 e. The summed E-state index contributed by atoms with van der Waals surface area (Å²) in [6.07, 6.45) is 10.6. The summed E-state index contributed by atoms with van der Waals surface area (Å²) in [4.78, 5) is 11.9. The molecule has 0 aromatic rings. The summed E-state index contributed by atoms with van der Waals surface area (Å²) in [5.41, 5.74) is 0. The van der Waals surface area contributed by atoms with Gasteiger partial charge in [0.15, 0.2) is 0 Å². The van der Waals surface area contributed by atoms with Crippen molar-refractivity contribution in [2.75, 3.05) is 6.54 Å². The molecule has 0 aliphatic heterocycles. The Bertz CT molecular complexity index is 269. The van der Waals surface area contributed by atoms with E-state index in [-0.39, 0.29) is 6.03 Å². The molecule has 0 spiro atoms. The Kier molecular flexibility index (Phi) is 5.95. The lowest BCUT2D eigenvalue weighted by Crippen LogP contribution is -2.48. The zero-order chi connectivity index (χ0) is 13.5. The van der Waals surface area contributed by atoms with E-state index in [1.165, 1.54) is 32.1 Å². The summed E-state index contributed by atoms with van der Waals surface area (Å²) in [5, 5.41) is 9.83. The normalized spacial score (nSPS) is 28.3. The van der Waals surface area contributed by atoms with Crippen LogP contribution in [0.1, 0.15) is 64.7 Å². The second kappa shape index (κ2) is 7.73. The molecule has 110 valence electrons. The van der Waals surface area contributed by atoms with E-state index in [9.17, 15) is 4.79 Å². The molecule has 0 atom stereocenters. The predicted octanol–water partition coefficient (Wildman–Crippen LogP) is 2.54. The number of amides is 2. The van der Waals surface area contributed by atoms with Crippen molar-refractivity contribution in [3.8, 4) is 0 Å². The van der Waals surface area contributed by atoms with Gasteiger partial charge in [-0.1, -0.05) is 19.8 Å². The standard InChI is InChI=1S/C15H29N3O/c1-2-11-16-12-7-9-14(10-8-12)18-15(19)17-13-5-3-4-6-13/h12-14,16H,2-11H2,1H3,(H2,17,18,19). The first-order valence-electron chi connectivity index (χ1n) is 8.08. The maximum atomic E-state index is 11.9. The number of nitrogens with one attached hydrogen (secondary N) is 3. The van der Waals surface area contributed by atoms with Gasteiger partial charge >= 0.3 is 6.03 Å². The topological polar surface area (TPSA) is 53.2 Å². The number of urea groups is 1. The van der Waals surface area contributed by atoms with Gasteiger partial charge in [-0.25, -0.2) is 4.79 Å². The second-order valence-electron chi connectivity index (χ2n) is 6.10. The summed E-state index contributed by atoms with van der Waals surface area (Å²) in [7, 11) is 0. The minimum Gasteiger partial charge on any atom is -0.335 e. The Morgan fingerprint density at radius 2 is 1.42 bits per heavy atom. The fraction of sp³-hybridized carbons (Fsp3) is 0.933. The van der Waals surface area contributed by atoms with Crippen LogP contribution in [0.3, 0.4) is 0 Å². The fourth-order valence-corrected chi connectivity index (χ4v) is 3.27. The first-order chi connectivity index (χ1) is 9.28. The maximum Gasteiger partial charge on any atom is 0.315 e. The van der Waals surface area contributed by atoms with Crippen LogP contribution >= 0.6 is 0 Å². The van der Waals surface area contributed by atoms with E-state index >= 15 is 0 Å². The van der Waals surface area contributed by atoms with Crippen molar-refractivity contribution < 1.29 is 4.79 Å². The van der Waals surface area contributed by atoms with Gasteiger partial charge in [0.05, 0.1) is 0 Å². The first kappa shape index (κ1) is 14.6. The zero-order valence-electron chi connectivity index (χ0n) is 12.2. The summed E-state index contributed by atoms with van der Waals surface area (Å²) < 4.78 is 0. The quantitative estimate of drug-likeness (QED) is 0.717. The summed E-state index contributed by atoms with van der Waals surface area (Å²) in [6, 6.07) is 1.51. The molecule has 0 radical (unpaired) electrons. The van der Waals surface area contributed by atoms with Crippen molar-refractivity contribution in [3.05, 3.63) is 0 Å². The van der Waals surface area contributed by atoms with Crippen molar-refractivity contribution in [2.45, 2.75) is 82.8 Å². The third kappa shape index (κ3) is 5.01. The molecule has 2 aliphatic rings. The molecule has 0 aromatic carbocycles. The van der Waals surface area contributed by atoms with Crippen LogP contribution in [-0.4, -0.2) is 30.7 Å². The fourth-order valence-electron chi connectivity index (χ4n) is 3.27. The van der Waals surface area contributed by atoms with E-state index < -0.39 is 0 Å². The van der Waals surface area contributed by atoms with E-state index in [4.69, 9.17) is 0 Å². The summed E-state index contributed by atoms with van der Waals surface area (Å²) in [6.45, 7) is 3.32. The molecule has 2 amide bonds. The van der Waals surface area contributed by atoms with Gasteiger partial charge in [0.2, 0.25) is 0 Å². The van der Waals surface area contributed by atoms with Crippen LogP contribution in [0.4, 0.5) is 4.79 Å². The van der Waals surface area contributed by atoms with Crippen LogP contribution in [0, 0.1) is 0 Å². The Morgan fingerprint density at radius 3 is 2.00 bits per heavy atom. The molecule has 2 aliphatic carbocycles. The molecule has 0 aromatic heterocycles.